The molecule has 1 heterocycles. The molecule has 0 saturated heterocycles. The number of carbonyl (C=O) groups excluding carboxylic acids is 2. The molecule has 26 heavy (non-hydrogen) atoms. The fourth-order valence-corrected chi connectivity index (χ4v) is 3.29. The third-order valence-corrected chi connectivity index (χ3v) is 4.67. The molecule has 2 aromatic carbocycles. The summed E-state index contributed by atoms with van der Waals surface area (Å²) in [5, 5.41) is 0. The third-order valence-electron chi connectivity index (χ3n) is 4.67. The van der Waals surface area contributed by atoms with Crippen LogP contribution in [0.25, 0.3) is 0 Å². The molecule has 136 valence electrons. The Morgan fingerprint density at radius 2 is 1.88 bits per heavy atom. The molecule has 0 bridgehead atoms. The number of carbonyl (C=O) groups is 2. The van der Waals surface area contributed by atoms with Gasteiger partial charge in [0.2, 0.25) is 0 Å². The van der Waals surface area contributed by atoms with E-state index < -0.39 is 12.1 Å². The molecule has 0 spiro atoms. The van der Waals surface area contributed by atoms with Gasteiger partial charge in [-0.15, -0.1) is 0 Å². The summed E-state index contributed by atoms with van der Waals surface area (Å²) in [5.74, 6) is -0.686. The molecule has 1 amide bonds. The summed E-state index contributed by atoms with van der Waals surface area (Å²) >= 11 is 0. The van der Waals surface area contributed by atoms with Crippen LogP contribution in [0.3, 0.4) is 0 Å². The Bertz CT molecular complexity index is 832. The quantitative estimate of drug-likeness (QED) is 0.793. The maximum atomic E-state index is 12.9. The molecule has 0 fully saturated rings. The molecule has 0 aromatic heterocycles. The number of rotatable bonds is 4. The second-order valence-corrected chi connectivity index (χ2v) is 6.88. The molecule has 1 aliphatic rings. The van der Waals surface area contributed by atoms with Crippen molar-refractivity contribution in [2.75, 3.05) is 23.9 Å². The van der Waals surface area contributed by atoms with Gasteiger partial charge in [-0.1, -0.05) is 24.3 Å². The predicted molar refractivity (Wildman–Crippen MR) is 103 cm³/mol. The number of ether oxygens (including phenoxy) is 1. The standard InChI is InChI=1S/C21H24N2O3/c1-14-12-16-8-5-6-11-19(16)23(14)20(24)15(2)26-21(25)17-9-7-10-18(13-17)22(3)4/h5-11,13-15H,12H2,1-4H3. The summed E-state index contributed by atoms with van der Waals surface area (Å²) in [6.07, 6.45) is -0.0351. The van der Waals surface area contributed by atoms with Crippen LogP contribution in [0.15, 0.2) is 48.5 Å². The van der Waals surface area contributed by atoms with Crippen LogP contribution in [0.5, 0.6) is 0 Å². The number of nitrogens with zero attached hydrogens (tertiary/aromatic N) is 2. The number of hydrogen-bond acceptors (Lipinski definition) is 4. The SMILES string of the molecule is CC(OC(=O)c1cccc(N(C)C)c1)C(=O)N1c2ccccc2CC1C. The van der Waals surface area contributed by atoms with Gasteiger partial charge in [0.05, 0.1) is 5.56 Å². The molecular weight excluding hydrogens is 328 g/mol. The Morgan fingerprint density at radius 3 is 2.62 bits per heavy atom. The zero-order chi connectivity index (χ0) is 18.8. The molecule has 3 rings (SSSR count). The first-order chi connectivity index (χ1) is 12.4. The molecule has 2 aromatic rings. The molecule has 0 aliphatic carbocycles. The molecule has 2 atom stereocenters. The van der Waals surface area contributed by atoms with Crippen molar-refractivity contribution in [1.29, 1.82) is 0 Å². The Balaban J connectivity index is 1.74. The smallest absolute Gasteiger partial charge is 0.338 e. The van der Waals surface area contributed by atoms with Crippen molar-refractivity contribution < 1.29 is 14.3 Å². The molecule has 2 unspecified atom stereocenters. The molecule has 5 heteroatoms. The molecular formula is C21H24N2O3. The fraction of sp³-hybridized carbons (Fsp3) is 0.333. The average Bonchev–Trinajstić information content (AvgIpc) is 2.96. The van der Waals surface area contributed by atoms with E-state index in [-0.39, 0.29) is 11.9 Å². The third kappa shape index (κ3) is 3.43. The normalized spacial score (nSPS) is 16.8. The van der Waals surface area contributed by atoms with Gasteiger partial charge in [-0.05, 0) is 50.1 Å². The van der Waals surface area contributed by atoms with Crippen LogP contribution in [0, 0.1) is 0 Å². The highest BCUT2D eigenvalue weighted by Gasteiger charge is 2.34. The van der Waals surface area contributed by atoms with Gasteiger partial charge in [-0.3, -0.25) is 4.79 Å². The van der Waals surface area contributed by atoms with Crippen LogP contribution in [0.2, 0.25) is 0 Å². The Hall–Kier alpha value is -2.82. The zero-order valence-corrected chi connectivity index (χ0v) is 15.6. The number of anilines is 2. The fourth-order valence-electron chi connectivity index (χ4n) is 3.29. The van der Waals surface area contributed by atoms with E-state index in [0.29, 0.717) is 5.56 Å². The first-order valence-electron chi connectivity index (χ1n) is 8.78. The minimum absolute atomic E-state index is 0.0538. The predicted octanol–water partition coefficient (Wildman–Crippen LogP) is 3.28. The second-order valence-electron chi connectivity index (χ2n) is 6.88. The van der Waals surface area contributed by atoms with E-state index in [1.165, 1.54) is 0 Å². The summed E-state index contributed by atoms with van der Waals surface area (Å²) in [5.41, 5.74) is 3.39. The number of amides is 1. The molecule has 0 saturated carbocycles. The average molecular weight is 352 g/mol. The number of hydrogen-bond donors (Lipinski definition) is 0. The van der Waals surface area contributed by atoms with Gasteiger partial charge in [0, 0.05) is 31.5 Å². The van der Waals surface area contributed by atoms with Crippen molar-refractivity contribution in [2.24, 2.45) is 0 Å². The minimum atomic E-state index is -0.848. The van der Waals surface area contributed by atoms with Crippen molar-refractivity contribution >= 4 is 23.3 Å². The number of para-hydroxylation sites is 1. The van der Waals surface area contributed by atoms with Gasteiger partial charge >= 0.3 is 5.97 Å². The first-order valence-corrected chi connectivity index (χ1v) is 8.78. The van der Waals surface area contributed by atoms with E-state index in [2.05, 4.69) is 0 Å². The summed E-state index contributed by atoms with van der Waals surface area (Å²) in [6.45, 7) is 3.64. The Labute approximate surface area is 154 Å². The molecule has 5 nitrogen and oxygen atoms in total. The van der Waals surface area contributed by atoms with Gasteiger partial charge in [-0.25, -0.2) is 4.79 Å². The van der Waals surface area contributed by atoms with Crippen LogP contribution in [0.1, 0.15) is 29.8 Å². The summed E-state index contributed by atoms with van der Waals surface area (Å²) in [4.78, 5) is 29.0. The van der Waals surface area contributed by atoms with Gasteiger partial charge in [0.25, 0.3) is 5.91 Å². The monoisotopic (exact) mass is 352 g/mol. The van der Waals surface area contributed by atoms with Gasteiger partial charge in [-0.2, -0.15) is 0 Å². The van der Waals surface area contributed by atoms with Crippen LogP contribution in [-0.4, -0.2) is 38.1 Å². The summed E-state index contributed by atoms with van der Waals surface area (Å²) in [6, 6.07) is 15.1. The van der Waals surface area contributed by atoms with Crippen LogP contribution < -0.4 is 9.80 Å². The van der Waals surface area contributed by atoms with Crippen molar-refractivity contribution in [3.05, 3.63) is 59.7 Å². The van der Waals surface area contributed by atoms with E-state index in [9.17, 15) is 9.59 Å². The maximum absolute atomic E-state index is 12.9. The van der Waals surface area contributed by atoms with E-state index in [1.807, 2.05) is 56.3 Å². The first kappa shape index (κ1) is 18.0. The zero-order valence-electron chi connectivity index (χ0n) is 15.6. The summed E-state index contributed by atoms with van der Waals surface area (Å²) in [7, 11) is 3.81. The van der Waals surface area contributed by atoms with E-state index >= 15 is 0 Å². The highest BCUT2D eigenvalue weighted by molar-refractivity contribution is 6.01. The lowest BCUT2D eigenvalue weighted by Gasteiger charge is -2.26. The van der Waals surface area contributed by atoms with Crippen molar-refractivity contribution in [3.8, 4) is 0 Å². The highest BCUT2D eigenvalue weighted by Crippen LogP contribution is 2.32. The van der Waals surface area contributed by atoms with Crippen molar-refractivity contribution in [1.82, 2.24) is 0 Å². The lowest BCUT2D eigenvalue weighted by molar-refractivity contribution is -0.126. The largest absolute Gasteiger partial charge is 0.449 e. The van der Waals surface area contributed by atoms with Gasteiger partial charge < -0.3 is 14.5 Å². The molecule has 0 N–H and O–H groups in total. The number of esters is 1. The topological polar surface area (TPSA) is 49.9 Å². The number of benzene rings is 2. The van der Waals surface area contributed by atoms with Crippen LogP contribution in [-0.2, 0) is 16.0 Å². The van der Waals surface area contributed by atoms with Crippen molar-refractivity contribution in [3.63, 3.8) is 0 Å². The Kier molecular flexibility index (Phi) is 4.98. The van der Waals surface area contributed by atoms with Crippen LogP contribution >= 0.6 is 0 Å². The second kappa shape index (κ2) is 7.20. The van der Waals surface area contributed by atoms with Gasteiger partial charge in [0.1, 0.15) is 0 Å². The highest BCUT2D eigenvalue weighted by atomic mass is 16.5. The van der Waals surface area contributed by atoms with Gasteiger partial charge in [0.15, 0.2) is 6.10 Å². The lowest BCUT2D eigenvalue weighted by atomic mass is 10.1. The lowest BCUT2D eigenvalue weighted by Crippen LogP contribution is -2.43. The summed E-state index contributed by atoms with van der Waals surface area (Å²) < 4.78 is 5.46. The van der Waals surface area contributed by atoms with E-state index in [1.54, 1.807) is 30.0 Å². The number of fused-ring (bicyclic) bond motifs is 1. The minimum Gasteiger partial charge on any atom is -0.449 e. The maximum Gasteiger partial charge on any atom is 0.338 e. The van der Waals surface area contributed by atoms with E-state index in [0.717, 1.165) is 23.4 Å². The van der Waals surface area contributed by atoms with E-state index in [4.69, 9.17) is 4.74 Å². The Morgan fingerprint density at radius 1 is 1.15 bits per heavy atom. The molecule has 0 radical (unpaired) electrons. The molecule has 1 aliphatic heterocycles. The van der Waals surface area contributed by atoms with Crippen molar-refractivity contribution in [2.45, 2.75) is 32.4 Å². The van der Waals surface area contributed by atoms with Crippen LogP contribution in [0.4, 0.5) is 11.4 Å².